The molecule has 0 aliphatic carbocycles. The van der Waals surface area contributed by atoms with Crippen molar-refractivity contribution in [2.45, 2.75) is 33.6 Å². The number of amides is 1. The molecule has 13 aromatic carbocycles. The number of hydrogen-bond donors (Lipinski definition) is 13. The molecule has 2 heterocycles. The number of aliphatic hydroxyl groups is 1. The minimum absolute atomic E-state index is 0.127. The lowest BCUT2D eigenvalue weighted by atomic mass is 9.64. The monoisotopic (exact) mass is 1500 g/mol. The molecule has 0 fully saturated rings. The van der Waals surface area contributed by atoms with Gasteiger partial charge in [-0.25, -0.2) is 9.19 Å². The van der Waals surface area contributed by atoms with Crippen LogP contribution in [0.15, 0.2) is 344 Å². The Morgan fingerprint density at radius 2 is 0.712 bits per heavy atom. The zero-order chi connectivity index (χ0) is 79.2. The summed E-state index contributed by atoms with van der Waals surface area (Å²) in [5, 5.41) is 131. The van der Waals surface area contributed by atoms with Crippen molar-refractivity contribution in [3.05, 3.63) is 389 Å². The van der Waals surface area contributed by atoms with Crippen LogP contribution in [0.4, 0.5) is 11.4 Å². The summed E-state index contributed by atoms with van der Waals surface area (Å²) in [6.07, 6.45) is 2.39. The normalized spacial score (nSPS) is 11.3. The van der Waals surface area contributed by atoms with E-state index in [4.69, 9.17) is 25.2 Å². The number of carbonyl (C=O) groups excluding carboxylic acids is 2. The van der Waals surface area contributed by atoms with Gasteiger partial charge in [-0.15, -0.1) is 0 Å². The maximum absolute atomic E-state index is 12.0. The van der Waals surface area contributed by atoms with E-state index < -0.39 is 27.7 Å². The summed E-state index contributed by atoms with van der Waals surface area (Å²) in [5.41, 5.74) is 7.27. The number of pyridine rings is 1. The van der Waals surface area contributed by atoms with E-state index >= 15 is 0 Å². The number of hydrogen-bond acceptors (Lipinski definition) is 19. The number of ether oxygens (including phenoxy) is 1. The Labute approximate surface area is 640 Å². The SMILES string of the molecule is CC(O)(c1ccc(O)cc1)c1ccc(O)cc1.N#CC(c1ccc(O)cc1)c1ccc(O)cc1.O=C(c1ccc(O)cc1)c1ccc(O)cc1.O=CN(c1ccc(O)cc1)c1ccc(O)cc1.O=S(c1ccc(O)cc1)c1ccc(O)cc1.Oc1ccc(C2(c3ccc(O)cc3)c3ccccc3Oc3ncccc32)cc1. The van der Waals surface area contributed by atoms with Gasteiger partial charge in [0, 0.05) is 49.6 Å². The Kier molecular flexibility index (Phi) is 25.8. The van der Waals surface area contributed by atoms with Crippen LogP contribution in [0.1, 0.15) is 73.3 Å². The minimum Gasteiger partial charge on any atom is -0.508 e. The molecule has 1 aliphatic rings. The summed E-state index contributed by atoms with van der Waals surface area (Å²) < 4.78 is 18.1. The number of benzene rings is 13. The lowest BCUT2D eigenvalue weighted by Crippen LogP contribution is -2.34. The molecule has 0 spiro atoms. The summed E-state index contributed by atoms with van der Waals surface area (Å²) >= 11 is 0. The first-order valence-corrected chi connectivity index (χ1v) is 35.1. The molecule has 20 nitrogen and oxygen atoms in total. The van der Waals surface area contributed by atoms with Crippen LogP contribution in [0.2, 0.25) is 0 Å². The summed E-state index contributed by atoms with van der Waals surface area (Å²) in [6, 6.07) is 91.4. The maximum Gasteiger partial charge on any atom is 0.224 e. The third-order valence-electron chi connectivity index (χ3n) is 17.4. The number of aromatic hydroxyl groups is 12. The highest BCUT2D eigenvalue weighted by Gasteiger charge is 2.46. The Hall–Kier alpha value is -14.9. The molecule has 13 N–H and O–H groups in total. The molecule has 556 valence electrons. The van der Waals surface area contributed by atoms with E-state index in [1.807, 2.05) is 60.7 Å². The Balaban J connectivity index is 0.000000144. The molecule has 21 heteroatoms. The van der Waals surface area contributed by atoms with Crippen molar-refractivity contribution < 1.29 is 84.9 Å². The lowest BCUT2D eigenvalue weighted by molar-refractivity contribution is -0.106. The van der Waals surface area contributed by atoms with Crippen molar-refractivity contribution in [1.82, 2.24) is 4.98 Å². The van der Waals surface area contributed by atoms with Gasteiger partial charge in [0.15, 0.2) is 5.78 Å². The first kappa shape index (κ1) is 78.7. The van der Waals surface area contributed by atoms with Gasteiger partial charge in [-0.1, -0.05) is 97.1 Å². The smallest absolute Gasteiger partial charge is 0.224 e. The molecular formula is C90H73N3O17S. The zero-order valence-electron chi connectivity index (χ0n) is 59.1. The molecule has 0 radical (unpaired) electrons. The summed E-state index contributed by atoms with van der Waals surface area (Å²) in [5.74, 6) is 2.66. The van der Waals surface area contributed by atoms with E-state index in [0.717, 1.165) is 39.1 Å². The summed E-state index contributed by atoms with van der Waals surface area (Å²) in [6.45, 7) is 1.67. The van der Waals surface area contributed by atoms with Crippen LogP contribution in [0.25, 0.3) is 0 Å². The Morgan fingerprint density at radius 3 is 1.05 bits per heavy atom. The number of rotatable bonds is 13. The zero-order valence-corrected chi connectivity index (χ0v) is 59.9. The van der Waals surface area contributed by atoms with E-state index in [1.165, 1.54) is 102 Å². The topological polar surface area (TPSA) is 363 Å². The number of aromatic nitrogens is 1. The van der Waals surface area contributed by atoms with Gasteiger partial charge >= 0.3 is 0 Å². The first-order chi connectivity index (χ1) is 53.4. The van der Waals surface area contributed by atoms with E-state index in [-0.39, 0.29) is 74.8 Å². The van der Waals surface area contributed by atoms with Crippen LogP contribution in [-0.2, 0) is 26.6 Å². The number of phenols is 12. The molecular weight excluding hydrogens is 1430 g/mol. The molecule has 1 amide bonds. The van der Waals surface area contributed by atoms with Crippen molar-refractivity contribution in [2.75, 3.05) is 4.90 Å². The van der Waals surface area contributed by atoms with E-state index in [1.54, 1.807) is 183 Å². The predicted molar refractivity (Wildman–Crippen MR) is 419 cm³/mol. The summed E-state index contributed by atoms with van der Waals surface area (Å²) in [4.78, 5) is 30.1. The molecule has 1 aliphatic heterocycles. The average Bonchev–Trinajstić information content (AvgIpc) is 0.708. The second kappa shape index (κ2) is 36.4. The van der Waals surface area contributed by atoms with E-state index in [9.17, 15) is 65.0 Å². The van der Waals surface area contributed by atoms with Crippen molar-refractivity contribution in [2.24, 2.45) is 0 Å². The molecule has 111 heavy (non-hydrogen) atoms. The fraction of sp³-hybridized carbons (Fsp3) is 0.0444. The Bertz CT molecular complexity index is 5020. The van der Waals surface area contributed by atoms with Gasteiger partial charge in [0.05, 0.1) is 28.2 Å². The van der Waals surface area contributed by atoms with Gasteiger partial charge < -0.3 is 71.1 Å². The second-order valence-electron chi connectivity index (χ2n) is 24.9. The number of anilines is 2. The van der Waals surface area contributed by atoms with Crippen LogP contribution in [0.3, 0.4) is 0 Å². The van der Waals surface area contributed by atoms with Gasteiger partial charge in [-0.2, -0.15) is 5.26 Å². The third kappa shape index (κ3) is 20.0. The van der Waals surface area contributed by atoms with Gasteiger partial charge in [0.2, 0.25) is 12.3 Å². The summed E-state index contributed by atoms with van der Waals surface area (Å²) in [7, 11) is -1.29. The average molecular weight is 1500 g/mol. The largest absolute Gasteiger partial charge is 0.508 e. The quantitative estimate of drug-likeness (QED) is 0.0377. The highest BCUT2D eigenvalue weighted by Crippen LogP contribution is 2.55. The van der Waals surface area contributed by atoms with Crippen LogP contribution in [0, 0.1) is 11.3 Å². The fourth-order valence-corrected chi connectivity index (χ4v) is 12.7. The number of carbonyl (C=O) groups is 2. The van der Waals surface area contributed by atoms with Crippen LogP contribution in [0.5, 0.6) is 80.6 Å². The third-order valence-corrected chi connectivity index (χ3v) is 18.8. The predicted octanol–water partition coefficient (Wildman–Crippen LogP) is 17.1. The first-order valence-electron chi connectivity index (χ1n) is 34.0. The fourth-order valence-electron chi connectivity index (χ4n) is 11.7. The molecule has 0 unspecified atom stereocenters. The molecule has 0 saturated carbocycles. The van der Waals surface area contributed by atoms with Crippen molar-refractivity contribution >= 4 is 34.4 Å². The highest BCUT2D eigenvalue weighted by molar-refractivity contribution is 7.85. The van der Waals surface area contributed by atoms with Gasteiger partial charge in [0.25, 0.3) is 0 Å². The maximum atomic E-state index is 12.0. The number of ketones is 1. The van der Waals surface area contributed by atoms with Crippen molar-refractivity contribution in [3.63, 3.8) is 0 Å². The van der Waals surface area contributed by atoms with E-state index in [2.05, 4.69) is 11.1 Å². The molecule has 0 bridgehead atoms. The van der Waals surface area contributed by atoms with Crippen LogP contribution >= 0.6 is 0 Å². The highest BCUT2D eigenvalue weighted by atomic mass is 32.2. The number of fused-ring (bicyclic) bond motifs is 2. The number of nitriles is 1. The standard InChI is InChI=1S/C24H17NO3.C14H11NO2.C14H14O3.C13H11NO3.C13H10O3.C12H10O3S/c26-18-11-7-16(8-12-18)24(17-9-13-19(27)14-10-17)20-4-1-2-6-22(20)28-23-21(24)5-3-15-25-23;15-9-14(10-1-5-12(16)6-2-10)11-3-7-13(17)8-4-11;1-14(17,10-2-6-12(15)7-3-10)11-4-8-13(16)9-5-11;15-9-14(10-1-5-12(16)6-2-10)11-3-7-13(17)8-4-11;14-11-5-1-9(2-6-11)13(16)10-3-7-12(15)8-4-10;13-9-1-5-11(6-2-9)16(15)12-7-3-10(14)4-8-12/h1-15,26-27H;1-8,14,16-17H;2-9,15-17H,1H3;1-9,16-17H;1-8,14-15H;1-8,13-14H. The van der Waals surface area contributed by atoms with Gasteiger partial charge in [0.1, 0.15) is 80.3 Å². The molecule has 15 rings (SSSR count). The number of nitrogens with zero attached hydrogens (tertiary/aromatic N) is 3. The molecule has 1 aromatic heterocycles. The van der Waals surface area contributed by atoms with Gasteiger partial charge in [-0.05, 0) is 271 Å². The Morgan fingerprint density at radius 1 is 0.414 bits per heavy atom. The molecule has 0 saturated heterocycles. The molecule has 14 aromatic rings. The van der Waals surface area contributed by atoms with Crippen LogP contribution < -0.4 is 9.64 Å². The van der Waals surface area contributed by atoms with Crippen molar-refractivity contribution in [1.29, 1.82) is 5.26 Å². The number of para-hydroxylation sites is 1. The lowest BCUT2D eigenvalue weighted by Gasteiger charge is -2.40. The number of phenolic OH excluding ortho intramolecular Hbond substituents is 12. The molecule has 0 atom stereocenters. The van der Waals surface area contributed by atoms with Crippen molar-refractivity contribution in [3.8, 4) is 86.7 Å². The second-order valence-corrected chi connectivity index (χ2v) is 26.4. The van der Waals surface area contributed by atoms with Crippen LogP contribution in [-0.4, -0.2) is 87.8 Å². The van der Waals surface area contributed by atoms with Gasteiger partial charge in [-0.3, -0.25) is 14.5 Å². The minimum atomic E-state index is -1.29. The van der Waals surface area contributed by atoms with E-state index in [0.29, 0.717) is 55.7 Å².